The number of para-hydroxylation sites is 1. The predicted octanol–water partition coefficient (Wildman–Crippen LogP) is 3.68. The molecule has 0 saturated heterocycles. The van der Waals surface area contributed by atoms with E-state index in [0.717, 1.165) is 10.9 Å². The van der Waals surface area contributed by atoms with E-state index < -0.39 is 0 Å². The second-order valence-electron chi connectivity index (χ2n) is 5.19. The van der Waals surface area contributed by atoms with Crippen LogP contribution in [0.4, 0.5) is 10.1 Å². The number of amides is 1. The number of methoxy groups -OCH3 is 1. The highest BCUT2D eigenvalue weighted by Gasteiger charge is 2.15. The maximum Gasteiger partial charge on any atom is 0.272 e. The molecule has 0 aliphatic rings. The number of nitrogens with zero attached hydrogens (tertiary/aromatic N) is 1. The third-order valence-corrected chi connectivity index (χ3v) is 3.66. The third kappa shape index (κ3) is 3.24. The summed E-state index contributed by atoms with van der Waals surface area (Å²) in [4.78, 5) is 12.6. The molecule has 2 aromatic carbocycles. The molecule has 0 bridgehead atoms. The highest BCUT2D eigenvalue weighted by Crippen LogP contribution is 2.21. The summed E-state index contributed by atoms with van der Waals surface area (Å²) in [5, 5.41) is 3.79. The Labute approximate surface area is 133 Å². The topological polar surface area (TPSA) is 43.3 Å². The van der Waals surface area contributed by atoms with Gasteiger partial charge in [0.2, 0.25) is 0 Å². The van der Waals surface area contributed by atoms with Gasteiger partial charge in [-0.3, -0.25) is 4.79 Å². The summed E-state index contributed by atoms with van der Waals surface area (Å²) in [5.41, 5.74) is 2.08. The lowest BCUT2D eigenvalue weighted by molar-refractivity contribution is 0.101. The zero-order chi connectivity index (χ0) is 16.2. The molecule has 0 aliphatic heterocycles. The molecule has 1 N–H and O–H groups in total. The van der Waals surface area contributed by atoms with Crippen LogP contribution >= 0.6 is 0 Å². The summed E-state index contributed by atoms with van der Waals surface area (Å²) < 4.78 is 20.0. The number of hydrogen-bond acceptors (Lipinski definition) is 2. The molecule has 3 aromatic rings. The molecule has 5 heteroatoms. The molecule has 1 amide bonds. The van der Waals surface area contributed by atoms with Crippen LogP contribution in [0.3, 0.4) is 0 Å². The second kappa shape index (κ2) is 6.62. The van der Waals surface area contributed by atoms with E-state index in [1.807, 2.05) is 34.9 Å². The smallest absolute Gasteiger partial charge is 0.272 e. The maximum atomic E-state index is 13.0. The van der Waals surface area contributed by atoms with Crippen LogP contribution in [-0.2, 0) is 11.3 Å². The van der Waals surface area contributed by atoms with Crippen molar-refractivity contribution in [3.8, 4) is 0 Å². The standard InChI is InChI=1S/C18H17FN2O2/c1-23-11-10-21-16-5-3-2-4-13(16)12-17(21)18(22)20-15-8-6-14(19)7-9-15/h2-9,12H,10-11H2,1H3,(H,20,22). The third-order valence-electron chi connectivity index (χ3n) is 3.66. The first-order valence-corrected chi connectivity index (χ1v) is 7.33. The molecule has 0 fully saturated rings. The maximum absolute atomic E-state index is 13.0. The van der Waals surface area contributed by atoms with Gasteiger partial charge in [-0.1, -0.05) is 18.2 Å². The number of halogens is 1. The Morgan fingerprint density at radius 3 is 2.65 bits per heavy atom. The van der Waals surface area contributed by atoms with E-state index in [1.165, 1.54) is 24.3 Å². The largest absolute Gasteiger partial charge is 0.383 e. The van der Waals surface area contributed by atoms with Crippen LogP contribution in [0.2, 0.25) is 0 Å². The van der Waals surface area contributed by atoms with Crippen LogP contribution in [0, 0.1) is 5.82 Å². The zero-order valence-electron chi connectivity index (χ0n) is 12.8. The van der Waals surface area contributed by atoms with Crippen molar-refractivity contribution in [3.05, 3.63) is 66.1 Å². The molecular formula is C18H17FN2O2. The minimum absolute atomic E-state index is 0.232. The van der Waals surface area contributed by atoms with Crippen LogP contribution in [0.25, 0.3) is 10.9 Å². The average Bonchev–Trinajstić information content (AvgIpc) is 2.94. The predicted molar refractivity (Wildman–Crippen MR) is 88.2 cm³/mol. The van der Waals surface area contributed by atoms with Crippen molar-refractivity contribution in [2.24, 2.45) is 0 Å². The van der Waals surface area contributed by atoms with Gasteiger partial charge in [-0.2, -0.15) is 0 Å². The van der Waals surface area contributed by atoms with Crippen molar-refractivity contribution in [2.75, 3.05) is 19.0 Å². The van der Waals surface area contributed by atoms with Gasteiger partial charge in [-0.15, -0.1) is 0 Å². The highest BCUT2D eigenvalue weighted by atomic mass is 19.1. The first kappa shape index (κ1) is 15.2. The van der Waals surface area contributed by atoms with E-state index in [0.29, 0.717) is 24.5 Å². The van der Waals surface area contributed by atoms with Crippen LogP contribution in [-0.4, -0.2) is 24.2 Å². The monoisotopic (exact) mass is 312 g/mol. The molecule has 3 rings (SSSR count). The van der Waals surface area contributed by atoms with Gasteiger partial charge >= 0.3 is 0 Å². The molecule has 0 radical (unpaired) electrons. The van der Waals surface area contributed by atoms with Gasteiger partial charge in [0.1, 0.15) is 11.5 Å². The van der Waals surface area contributed by atoms with Crippen molar-refractivity contribution in [3.63, 3.8) is 0 Å². The number of hydrogen-bond donors (Lipinski definition) is 1. The Kier molecular flexibility index (Phi) is 4.39. The van der Waals surface area contributed by atoms with Crippen molar-refractivity contribution < 1.29 is 13.9 Å². The summed E-state index contributed by atoms with van der Waals surface area (Å²) in [6.45, 7) is 1.09. The number of aromatic nitrogens is 1. The van der Waals surface area contributed by atoms with Gasteiger partial charge < -0.3 is 14.6 Å². The normalized spacial score (nSPS) is 10.9. The van der Waals surface area contributed by atoms with Gasteiger partial charge in [0, 0.05) is 30.2 Å². The summed E-state index contributed by atoms with van der Waals surface area (Å²) in [6.07, 6.45) is 0. The number of ether oxygens (including phenoxy) is 1. The molecule has 0 spiro atoms. The molecule has 0 aliphatic carbocycles. The average molecular weight is 312 g/mol. The van der Waals surface area contributed by atoms with Crippen LogP contribution in [0.1, 0.15) is 10.5 Å². The van der Waals surface area contributed by atoms with Crippen LogP contribution in [0.5, 0.6) is 0 Å². The van der Waals surface area contributed by atoms with Gasteiger partial charge in [0.05, 0.1) is 6.61 Å². The second-order valence-corrected chi connectivity index (χ2v) is 5.19. The molecule has 0 saturated carbocycles. The number of carbonyl (C=O) groups is 1. The minimum Gasteiger partial charge on any atom is -0.383 e. The molecule has 0 atom stereocenters. The first-order valence-electron chi connectivity index (χ1n) is 7.33. The summed E-state index contributed by atoms with van der Waals surface area (Å²) in [5.74, 6) is -0.568. The Bertz CT molecular complexity index is 825. The SMILES string of the molecule is COCCn1c(C(=O)Nc2ccc(F)cc2)cc2ccccc21. The summed E-state index contributed by atoms with van der Waals surface area (Å²) >= 11 is 0. The van der Waals surface area contributed by atoms with Gasteiger partial charge in [-0.25, -0.2) is 4.39 Å². The molecule has 0 unspecified atom stereocenters. The fourth-order valence-electron chi connectivity index (χ4n) is 2.55. The van der Waals surface area contributed by atoms with Crippen LogP contribution in [0.15, 0.2) is 54.6 Å². The lowest BCUT2D eigenvalue weighted by atomic mass is 10.2. The quantitative estimate of drug-likeness (QED) is 0.781. The number of rotatable bonds is 5. The van der Waals surface area contributed by atoms with E-state index in [4.69, 9.17) is 4.74 Å². The lowest BCUT2D eigenvalue weighted by Crippen LogP contribution is -2.18. The van der Waals surface area contributed by atoms with Crippen molar-refractivity contribution in [2.45, 2.75) is 6.54 Å². The van der Waals surface area contributed by atoms with Gasteiger partial charge in [-0.05, 0) is 36.4 Å². The van der Waals surface area contributed by atoms with E-state index in [1.54, 1.807) is 7.11 Å². The fourth-order valence-corrected chi connectivity index (χ4v) is 2.55. The molecule has 118 valence electrons. The summed E-state index contributed by atoms with van der Waals surface area (Å²) in [7, 11) is 1.63. The number of benzene rings is 2. The zero-order valence-corrected chi connectivity index (χ0v) is 12.8. The number of fused-ring (bicyclic) bond motifs is 1. The Balaban J connectivity index is 1.93. The Morgan fingerprint density at radius 2 is 1.91 bits per heavy atom. The number of nitrogens with one attached hydrogen (secondary N) is 1. The van der Waals surface area contributed by atoms with Crippen molar-refractivity contribution >= 4 is 22.5 Å². The minimum atomic E-state index is -0.336. The molecule has 1 aromatic heterocycles. The van der Waals surface area contributed by atoms with Crippen LogP contribution < -0.4 is 5.32 Å². The Morgan fingerprint density at radius 1 is 1.17 bits per heavy atom. The molecule has 4 nitrogen and oxygen atoms in total. The van der Waals surface area contributed by atoms with E-state index in [2.05, 4.69) is 5.32 Å². The Hall–Kier alpha value is -2.66. The molecular weight excluding hydrogens is 295 g/mol. The lowest BCUT2D eigenvalue weighted by Gasteiger charge is -2.10. The van der Waals surface area contributed by atoms with Crippen molar-refractivity contribution in [1.82, 2.24) is 4.57 Å². The van der Waals surface area contributed by atoms with Gasteiger partial charge in [0.25, 0.3) is 5.91 Å². The van der Waals surface area contributed by atoms with E-state index in [-0.39, 0.29) is 11.7 Å². The van der Waals surface area contributed by atoms with Gasteiger partial charge in [0.15, 0.2) is 0 Å². The number of carbonyl (C=O) groups excluding carboxylic acids is 1. The summed E-state index contributed by atoms with van der Waals surface area (Å²) in [6, 6.07) is 15.4. The van der Waals surface area contributed by atoms with E-state index in [9.17, 15) is 9.18 Å². The molecule has 1 heterocycles. The first-order chi connectivity index (χ1) is 11.2. The molecule has 23 heavy (non-hydrogen) atoms. The van der Waals surface area contributed by atoms with Crippen molar-refractivity contribution in [1.29, 1.82) is 0 Å². The fraction of sp³-hybridized carbons (Fsp3) is 0.167. The van der Waals surface area contributed by atoms with E-state index >= 15 is 0 Å². The number of anilines is 1. The highest BCUT2D eigenvalue weighted by molar-refractivity contribution is 6.06.